The summed E-state index contributed by atoms with van der Waals surface area (Å²) in [4.78, 5) is 39.8. The Morgan fingerprint density at radius 1 is 1.06 bits per heavy atom. The number of hydrogen-bond donors (Lipinski definition) is 1. The zero-order valence-corrected chi connectivity index (χ0v) is 22.2. The number of Topliss-reactive ketones (excluding diaryl/α,β-unsaturated/α-hetero) is 1. The van der Waals surface area contributed by atoms with Crippen LogP contribution in [0.15, 0.2) is 48.5 Å². The normalized spacial score (nSPS) is 12.2. The summed E-state index contributed by atoms with van der Waals surface area (Å²) in [6.07, 6.45) is 1.32. The highest BCUT2D eigenvalue weighted by atomic mass is 35.5. The van der Waals surface area contributed by atoms with E-state index in [4.69, 9.17) is 11.6 Å². The first-order valence-electron chi connectivity index (χ1n) is 11.3. The molecule has 0 bridgehead atoms. The largest absolute Gasteiger partial charge is 0.352 e. The van der Waals surface area contributed by atoms with Gasteiger partial charge in [-0.3, -0.25) is 18.7 Å². The van der Waals surface area contributed by atoms with Gasteiger partial charge in [-0.15, -0.1) is 0 Å². The van der Waals surface area contributed by atoms with Gasteiger partial charge in [-0.05, 0) is 57.0 Å². The Hall–Kier alpha value is -2.91. The van der Waals surface area contributed by atoms with Crippen molar-refractivity contribution < 1.29 is 22.8 Å². The molecule has 0 heterocycles. The van der Waals surface area contributed by atoms with Crippen LogP contribution in [0.5, 0.6) is 0 Å². The van der Waals surface area contributed by atoms with Crippen LogP contribution in [0.1, 0.15) is 50.0 Å². The van der Waals surface area contributed by atoms with Crippen LogP contribution < -0.4 is 9.62 Å². The average Bonchev–Trinajstić information content (AvgIpc) is 2.77. The van der Waals surface area contributed by atoms with Crippen LogP contribution in [0.3, 0.4) is 0 Å². The van der Waals surface area contributed by atoms with Gasteiger partial charge in [-0.2, -0.15) is 0 Å². The van der Waals surface area contributed by atoms with E-state index in [2.05, 4.69) is 5.32 Å². The first kappa shape index (κ1) is 28.3. The molecule has 0 fully saturated rings. The maximum absolute atomic E-state index is 13.6. The minimum absolute atomic E-state index is 0.0884. The fraction of sp³-hybridized carbons (Fsp3) is 0.400. The second-order valence-electron chi connectivity index (χ2n) is 8.61. The van der Waals surface area contributed by atoms with Gasteiger partial charge in [-0.25, -0.2) is 8.42 Å². The molecule has 2 aromatic rings. The molecule has 1 N–H and O–H groups in total. The van der Waals surface area contributed by atoms with Gasteiger partial charge in [0.05, 0.1) is 11.9 Å². The first-order chi connectivity index (χ1) is 16.3. The lowest BCUT2D eigenvalue weighted by Crippen LogP contribution is -2.53. The Labute approximate surface area is 212 Å². The summed E-state index contributed by atoms with van der Waals surface area (Å²) in [6, 6.07) is 12.0. The van der Waals surface area contributed by atoms with Gasteiger partial charge < -0.3 is 10.2 Å². The molecule has 0 spiro atoms. The van der Waals surface area contributed by atoms with Gasteiger partial charge in [0, 0.05) is 23.2 Å². The molecule has 0 saturated heterocycles. The zero-order chi connectivity index (χ0) is 26.3. The number of carbonyl (C=O) groups excluding carboxylic acids is 3. The van der Waals surface area contributed by atoms with Gasteiger partial charge in [0.2, 0.25) is 21.8 Å². The summed E-state index contributed by atoms with van der Waals surface area (Å²) in [5.41, 5.74) is 1.26. The SMILES string of the molecule is CC[C@@H](C(=O)NC(C)C)N(Cc1ccc(Cl)cc1)C(=O)CN(c1cccc(C(C)=O)c1)S(C)(=O)=O. The number of rotatable bonds is 11. The minimum Gasteiger partial charge on any atom is -0.352 e. The van der Waals surface area contributed by atoms with Crippen molar-refractivity contribution in [1.82, 2.24) is 10.2 Å². The maximum atomic E-state index is 13.6. The third-order valence-corrected chi connectivity index (χ3v) is 6.70. The second-order valence-corrected chi connectivity index (χ2v) is 11.0. The summed E-state index contributed by atoms with van der Waals surface area (Å²) < 4.78 is 26.3. The van der Waals surface area contributed by atoms with E-state index in [1.165, 1.54) is 24.0 Å². The van der Waals surface area contributed by atoms with Crippen LogP contribution in [0, 0.1) is 0 Å². The summed E-state index contributed by atoms with van der Waals surface area (Å²) in [5, 5.41) is 3.37. The van der Waals surface area contributed by atoms with Gasteiger partial charge in [0.25, 0.3) is 0 Å². The van der Waals surface area contributed by atoms with Crippen molar-refractivity contribution in [3.05, 3.63) is 64.7 Å². The molecule has 2 rings (SSSR count). The van der Waals surface area contributed by atoms with Crippen molar-refractivity contribution in [2.24, 2.45) is 0 Å². The standard InChI is InChI=1S/C25H32ClN3O5S/c1-6-23(25(32)27-17(2)3)28(15-19-10-12-21(26)13-11-19)24(31)16-29(35(5,33)34)22-9-7-8-20(14-22)18(4)30/h7-14,17,23H,6,15-16H2,1-5H3,(H,27,32)/t23-/m0/s1. The van der Waals surface area contributed by atoms with Crippen molar-refractivity contribution in [3.8, 4) is 0 Å². The van der Waals surface area contributed by atoms with Crippen molar-refractivity contribution >= 4 is 44.9 Å². The quantitative estimate of drug-likeness (QED) is 0.455. The Morgan fingerprint density at radius 3 is 2.20 bits per heavy atom. The van der Waals surface area contributed by atoms with Gasteiger partial charge >= 0.3 is 0 Å². The van der Waals surface area contributed by atoms with Gasteiger partial charge in [0.15, 0.2) is 5.78 Å². The number of nitrogens with one attached hydrogen (secondary N) is 1. The van der Waals surface area contributed by atoms with Crippen molar-refractivity contribution in [1.29, 1.82) is 0 Å². The number of ketones is 1. The van der Waals surface area contributed by atoms with Crippen LogP contribution in [0.4, 0.5) is 5.69 Å². The number of nitrogens with zero attached hydrogens (tertiary/aromatic N) is 2. The molecule has 0 aliphatic rings. The molecule has 0 radical (unpaired) electrons. The fourth-order valence-corrected chi connectivity index (χ4v) is 4.55. The molecule has 2 aromatic carbocycles. The summed E-state index contributed by atoms with van der Waals surface area (Å²) >= 11 is 5.99. The van der Waals surface area contributed by atoms with E-state index < -0.39 is 28.5 Å². The van der Waals surface area contributed by atoms with E-state index >= 15 is 0 Å². The molecule has 2 amide bonds. The molecule has 10 heteroatoms. The first-order valence-corrected chi connectivity index (χ1v) is 13.5. The Balaban J connectivity index is 2.47. The number of amides is 2. The van der Waals surface area contributed by atoms with Crippen LogP contribution in [0.25, 0.3) is 0 Å². The molecular weight excluding hydrogens is 490 g/mol. The third-order valence-electron chi connectivity index (χ3n) is 5.30. The van der Waals surface area contributed by atoms with E-state index in [0.717, 1.165) is 16.1 Å². The Kier molecular flexibility index (Phi) is 9.85. The third kappa shape index (κ3) is 8.07. The molecule has 0 aliphatic carbocycles. The number of anilines is 1. The smallest absolute Gasteiger partial charge is 0.244 e. The second kappa shape index (κ2) is 12.2. The minimum atomic E-state index is -3.88. The molecule has 35 heavy (non-hydrogen) atoms. The van der Waals surface area contributed by atoms with Crippen molar-refractivity contribution in [2.75, 3.05) is 17.1 Å². The topological polar surface area (TPSA) is 104 Å². The highest BCUT2D eigenvalue weighted by Crippen LogP contribution is 2.22. The average molecular weight is 522 g/mol. The lowest BCUT2D eigenvalue weighted by Gasteiger charge is -2.33. The van der Waals surface area contributed by atoms with E-state index in [0.29, 0.717) is 17.0 Å². The Morgan fingerprint density at radius 2 is 1.69 bits per heavy atom. The van der Waals surface area contributed by atoms with Crippen molar-refractivity contribution in [3.63, 3.8) is 0 Å². The van der Waals surface area contributed by atoms with Crippen molar-refractivity contribution in [2.45, 2.75) is 52.7 Å². The number of sulfonamides is 1. The zero-order valence-electron chi connectivity index (χ0n) is 20.6. The number of benzene rings is 2. The van der Waals surface area contributed by atoms with E-state index in [1.807, 2.05) is 13.8 Å². The predicted molar refractivity (Wildman–Crippen MR) is 138 cm³/mol. The van der Waals surface area contributed by atoms with Crippen LogP contribution in [0.2, 0.25) is 5.02 Å². The van der Waals surface area contributed by atoms with Gasteiger partial charge in [0.1, 0.15) is 12.6 Å². The number of hydrogen-bond acceptors (Lipinski definition) is 5. The van der Waals surface area contributed by atoms with E-state index in [9.17, 15) is 22.8 Å². The summed E-state index contributed by atoms with van der Waals surface area (Å²) in [7, 11) is -3.88. The highest BCUT2D eigenvalue weighted by Gasteiger charge is 2.32. The van der Waals surface area contributed by atoms with E-state index in [-0.39, 0.29) is 30.0 Å². The molecule has 0 unspecified atom stereocenters. The molecule has 0 saturated carbocycles. The number of halogens is 1. The molecule has 190 valence electrons. The van der Waals surface area contributed by atoms with Crippen LogP contribution in [-0.4, -0.2) is 55.8 Å². The van der Waals surface area contributed by atoms with E-state index in [1.54, 1.807) is 43.3 Å². The lowest BCUT2D eigenvalue weighted by molar-refractivity contribution is -0.140. The molecule has 8 nitrogen and oxygen atoms in total. The molecule has 0 aromatic heterocycles. The predicted octanol–water partition coefficient (Wildman–Crippen LogP) is 3.64. The Bertz CT molecular complexity index is 1170. The van der Waals surface area contributed by atoms with Gasteiger partial charge in [-0.1, -0.05) is 42.8 Å². The lowest BCUT2D eigenvalue weighted by atomic mass is 10.1. The maximum Gasteiger partial charge on any atom is 0.244 e. The highest BCUT2D eigenvalue weighted by molar-refractivity contribution is 7.92. The van der Waals surface area contributed by atoms with Crippen LogP contribution in [-0.2, 0) is 26.2 Å². The molecule has 0 aliphatic heterocycles. The molecular formula is C25H32ClN3O5S. The summed E-state index contributed by atoms with van der Waals surface area (Å²) in [6.45, 7) is 6.37. The fourth-order valence-electron chi connectivity index (χ4n) is 3.58. The monoisotopic (exact) mass is 521 g/mol. The summed E-state index contributed by atoms with van der Waals surface area (Å²) in [5.74, 6) is -1.11. The van der Waals surface area contributed by atoms with Crippen LogP contribution >= 0.6 is 11.6 Å². The number of carbonyl (C=O) groups is 3. The molecule has 1 atom stereocenters.